The van der Waals surface area contributed by atoms with E-state index in [-0.39, 0.29) is 5.41 Å². The first kappa shape index (κ1) is 14.2. The number of methoxy groups -OCH3 is 2. The number of nitrogens with two attached hydrogens (primary N) is 1. The van der Waals surface area contributed by atoms with Gasteiger partial charge in [0.25, 0.3) is 0 Å². The van der Waals surface area contributed by atoms with E-state index < -0.39 is 0 Å². The Bertz CT molecular complexity index is 391. The number of hydrogen-bond acceptors (Lipinski definition) is 4. The Morgan fingerprint density at radius 2 is 1.76 bits per heavy atom. The number of benzene rings is 1. The van der Waals surface area contributed by atoms with E-state index in [4.69, 9.17) is 15.2 Å². The summed E-state index contributed by atoms with van der Waals surface area (Å²) in [4.78, 5) is 1.07. The van der Waals surface area contributed by atoms with Crippen LogP contribution in [0, 0.1) is 0 Å². The Hall–Kier alpha value is -0.870. The highest BCUT2D eigenvalue weighted by Gasteiger charge is 2.24. The molecule has 17 heavy (non-hydrogen) atoms. The highest BCUT2D eigenvalue weighted by atomic mass is 32.2. The molecule has 1 aromatic carbocycles. The maximum Gasteiger partial charge on any atom is 0.132 e. The molecule has 0 radical (unpaired) electrons. The first-order valence-electron chi connectivity index (χ1n) is 5.50. The van der Waals surface area contributed by atoms with Crippen molar-refractivity contribution < 1.29 is 9.47 Å². The minimum absolute atomic E-state index is 0.129. The van der Waals surface area contributed by atoms with E-state index in [0.717, 1.165) is 22.0 Å². The summed E-state index contributed by atoms with van der Waals surface area (Å²) in [6, 6.07) is 4.04. The highest BCUT2D eigenvalue weighted by Crippen LogP contribution is 2.39. The molecule has 0 saturated carbocycles. The molecule has 1 aromatic rings. The van der Waals surface area contributed by atoms with Crippen LogP contribution in [0.3, 0.4) is 0 Å². The molecule has 0 unspecified atom stereocenters. The largest absolute Gasteiger partial charge is 0.496 e. The van der Waals surface area contributed by atoms with Crippen LogP contribution < -0.4 is 15.2 Å². The molecule has 0 spiro atoms. The predicted molar refractivity (Wildman–Crippen MR) is 73.4 cm³/mol. The van der Waals surface area contributed by atoms with Crippen molar-refractivity contribution in [2.45, 2.75) is 24.2 Å². The van der Waals surface area contributed by atoms with Gasteiger partial charge < -0.3 is 15.2 Å². The molecule has 3 nitrogen and oxygen atoms in total. The van der Waals surface area contributed by atoms with Crippen LogP contribution in [0.4, 0.5) is 0 Å². The Morgan fingerprint density at radius 3 is 2.18 bits per heavy atom. The van der Waals surface area contributed by atoms with E-state index in [0.29, 0.717) is 6.54 Å². The maximum atomic E-state index is 5.82. The summed E-state index contributed by atoms with van der Waals surface area (Å²) in [6.45, 7) is 4.76. The van der Waals surface area contributed by atoms with Gasteiger partial charge in [0, 0.05) is 17.5 Å². The zero-order chi connectivity index (χ0) is 13.1. The van der Waals surface area contributed by atoms with Crippen LogP contribution in [0.2, 0.25) is 0 Å². The van der Waals surface area contributed by atoms with Crippen LogP contribution in [0.5, 0.6) is 11.5 Å². The summed E-state index contributed by atoms with van der Waals surface area (Å²) < 4.78 is 10.8. The van der Waals surface area contributed by atoms with Crippen molar-refractivity contribution in [1.82, 2.24) is 0 Å². The fourth-order valence-corrected chi connectivity index (χ4v) is 2.24. The molecule has 4 heteroatoms. The Kier molecular flexibility index (Phi) is 4.71. The van der Waals surface area contributed by atoms with Gasteiger partial charge in [-0.15, -0.1) is 11.8 Å². The molecule has 96 valence electrons. The van der Waals surface area contributed by atoms with Gasteiger partial charge in [0.2, 0.25) is 0 Å². The molecule has 0 fully saturated rings. The minimum Gasteiger partial charge on any atom is -0.496 e. The third kappa shape index (κ3) is 2.87. The van der Waals surface area contributed by atoms with Crippen LogP contribution in [-0.2, 0) is 5.41 Å². The van der Waals surface area contributed by atoms with Gasteiger partial charge in [-0.05, 0) is 18.4 Å². The highest BCUT2D eigenvalue weighted by molar-refractivity contribution is 7.98. The lowest BCUT2D eigenvalue weighted by Crippen LogP contribution is -2.28. The Balaban J connectivity index is 3.38. The van der Waals surface area contributed by atoms with Crippen LogP contribution in [-0.4, -0.2) is 27.0 Å². The van der Waals surface area contributed by atoms with Gasteiger partial charge in [-0.3, -0.25) is 0 Å². The van der Waals surface area contributed by atoms with E-state index in [1.807, 2.05) is 18.4 Å². The lowest BCUT2D eigenvalue weighted by atomic mass is 9.84. The predicted octanol–water partition coefficient (Wildman–Crippen LogP) is 2.66. The van der Waals surface area contributed by atoms with Gasteiger partial charge in [-0.2, -0.15) is 0 Å². The molecule has 0 bridgehead atoms. The van der Waals surface area contributed by atoms with Crippen LogP contribution in [0.25, 0.3) is 0 Å². The first-order valence-corrected chi connectivity index (χ1v) is 6.73. The van der Waals surface area contributed by atoms with Crippen molar-refractivity contribution in [3.8, 4) is 11.5 Å². The van der Waals surface area contributed by atoms with Crippen molar-refractivity contribution >= 4 is 11.8 Å². The van der Waals surface area contributed by atoms with E-state index in [1.165, 1.54) is 0 Å². The molecule has 0 atom stereocenters. The maximum absolute atomic E-state index is 5.82. The van der Waals surface area contributed by atoms with Crippen LogP contribution in [0.1, 0.15) is 19.4 Å². The standard InChI is InChI=1S/C13H21NO2S/c1-13(2,8-14)9-6-11(16-4)12(17-5)7-10(9)15-3/h6-7H,8,14H2,1-5H3. The van der Waals surface area contributed by atoms with Gasteiger partial charge in [-0.1, -0.05) is 13.8 Å². The smallest absolute Gasteiger partial charge is 0.132 e. The molecule has 0 aromatic heterocycles. The molecule has 0 aliphatic heterocycles. The van der Waals surface area contributed by atoms with Gasteiger partial charge in [0.15, 0.2) is 0 Å². The number of hydrogen-bond donors (Lipinski definition) is 1. The quantitative estimate of drug-likeness (QED) is 0.822. The second-order valence-corrected chi connectivity index (χ2v) is 5.34. The molecule has 0 amide bonds. The zero-order valence-corrected chi connectivity index (χ0v) is 12.0. The molecule has 2 N–H and O–H groups in total. The second kappa shape index (κ2) is 5.65. The number of rotatable bonds is 5. The SMILES string of the molecule is COc1cc(C(C)(C)CN)c(OC)cc1SC. The monoisotopic (exact) mass is 255 g/mol. The van der Waals surface area contributed by atoms with E-state index >= 15 is 0 Å². The van der Waals surface area contributed by atoms with E-state index in [1.54, 1.807) is 26.0 Å². The van der Waals surface area contributed by atoms with Crippen LogP contribution in [0.15, 0.2) is 17.0 Å². The lowest BCUT2D eigenvalue weighted by molar-refractivity contribution is 0.378. The van der Waals surface area contributed by atoms with Crippen molar-refractivity contribution in [3.05, 3.63) is 17.7 Å². The normalized spacial score (nSPS) is 11.4. The molecular formula is C13H21NO2S. The summed E-state index contributed by atoms with van der Waals surface area (Å²) in [5, 5.41) is 0. The second-order valence-electron chi connectivity index (χ2n) is 4.50. The van der Waals surface area contributed by atoms with E-state index in [9.17, 15) is 0 Å². The van der Waals surface area contributed by atoms with Gasteiger partial charge in [0.05, 0.1) is 19.1 Å². The average molecular weight is 255 g/mol. The van der Waals surface area contributed by atoms with Crippen molar-refractivity contribution in [2.24, 2.45) is 5.73 Å². The summed E-state index contributed by atoms with van der Waals surface area (Å²) >= 11 is 1.64. The third-order valence-corrected chi connectivity index (χ3v) is 3.70. The summed E-state index contributed by atoms with van der Waals surface area (Å²) in [7, 11) is 3.36. The molecule has 0 aliphatic carbocycles. The minimum atomic E-state index is -0.129. The molecule has 0 saturated heterocycles. The van der Waals surface area contributed by atoms with Crippen molar-refractivity contribution in [2.75, 3.05) is 27.0 Å². The van der Waals surface area contributed by atoms with Gasteiger partial charge in [-0.25, -0.2) is 0 Å². The fourth-order valence-electron chi connectivity index (χ4n) is 1.67. The van der Waals surface area contributed by atoms with E-state index in [2.05, 4.69) is 13.8 Å². The summed E-state index contributed by atoms with van der Waals surface area (Å²) in [5.74, 6) is 1.74. The number of ether oxygens (including phenoxy) is 2. The third-order valence-electron chi connectivity index (χ3n) is 2.95. The van der Waals surface area contributed by atoms with Gasteiger partial charge in [0.1, 0.15) is 11.5 Å². The zero-order valence-electron chi connectivity index (χ0n) is 11.2. The molecule has 1 rings (SSSR count). The summed E-state index contributed by atoms with van der Waals surface area (Å²) in [6.07, 6.45) is 2.02. The topological polar surface area (TPSA) is 44.5 Å². The average Bonchev–Trinajstić information content (AvgIpc) is 2.36. The molecular weight excluding hydrogens is 234 g/mol. The Labute approximate surface area is 108 Å². The number of thioether (sulfide) groups is 1. The lowest BCUT2D eigenvalue weighted by Gasteiger charge is -2.26. The van der Waals surface area contributed by atoms with Gasteiger partial charge >= 0.3 is 0 Å². The fraction of sp³-hybridized carbons (Fsp3) is 0.538. The summed E-state index contributed by atoms with van der Waals surface area (Å²) in [5.41, 5.74) is 6.77. The molecule has 0 heterocycles. The van der Waals surface area contributed by atoms with Crippen LogP contribution >= 0.6 is 11.8 Å². The van der Waals surface area contributed by atoms with Crippen molar-refractivity contribution in [3.63, 3.8) is 0 Å². The Morgan fingerprint density at radius 1 is 1.18 bits per heavy atom. The first-order chi connectivity index (χ1) is 8.00. The molecule has 0 aliphatic rings. The van der Waals surface area contributed by atoms with Crippen molar-refractivity contribution in [1.29, 1.82) is 0 Å².